The van der Waals surface area contributed by atoms with E-state index in [-0.39, 0.29) is 29.8 Å². The molecule has 1 aliphatic heterocycles. The molecule has 5 heteroatoms. The monoisotopic (exact) mass is 303 g/mol. The van der Waals surface area contributed by atoms with Gasteiger partial charge in [0.25, 0.3) is 0 Å². The number of likely N-dealkylation sites (tertiary alicyclic amines) is 1. The molecule has 0 unspecified atom stereocenters. The lowest BCUT2D eigenvalue weighted by molar-refractivity contribution is -0.144. The average molecular weight is 303 g/mol. The van der Waals surface area contributed by atoms with Crippen molar-refractivity contribution in [3.63, 3.8) is 0 Å². The van der Waals surface area contributed by atoms with E-state index in [9.17, 15) is 9.59 Å². The first-order valence-corrected chi connectivity index (χ1v) is 7.75. The summed E-state index contributed by atoms with van der Waals surface area (Å²) in [7, 11) is 3.45. The second kappa shape index (κ2) is 6.92. The quantitative estimate of drug-likeness (QED) is 0.914. The predicted molar refractivity (Wildman–Crippen MR) is 86.0 cm³/mol. The molecule has 0 saturated carbocycles. The number of amides is 2. The third kappa shape index (κ3) is 3.30. The van der Waals surface area contributed by atoms with Gasteiger partial charge in [0.2, 0.25) is 11.8 Å². The van der Waals surface area contributed by atoms with Crippen LogP contribution in [0.15, 0.2) is 30.3 Å². The second-order valence-electron chi connectivity index (χ2n) is 6.15. The molecule has 0 bridgehead atoms. The van der Waals surface area contributed by atoms with Gasteiger partial charge in [0.05, 0.1) is 5.92 Å². The summed E-state index contributed by atoms with van der Waals surface area (Å²) in [6, 6.07) is 8.93. The predicted octanol–water partition coefficient (Wildman–Crippen LogP) is 1.40. The van der Waals surface area contributed by atoms with Crippen LogP contribution in [0.4, 0.5) is 0 Å². The molecule has 5 nitrogen and oxygen atoms in total. The maximum absolute atomic E-state index is 12.8. The van der Waals surface area contributed by atoms with Gasteiger partial charge in [0, 0.05) is 26.7 Å². The fraction of sp³-hybridized carbons (Fsp3) is 0.529. The van der Waals surface area contributed by atoms with Crippen molar-refractivity contribution in [1.29, 1.82) is 0 Å². The normalized spacial score (nSPS) is 20.5. The van der Waals surface area contributed by atoms with Crippen LogP contribution in [-0.2, 0) is 9.59 Å². The van der Waals surface area contributed by atoms with Crippen LogP contribution < -0.4 is 5.73 Å². The van der Waals surface area contributed by atoms with Crippen LogP contribution in [0.25, 0.3) is 0 Å². The van der Waals surface area contributed by atoms with Crippen LogP contribution in [0.5, 0.6) is 0 Å². The first kappa shape index (κ1) is 16.5. The number of hydrogen-bond acceptors (Lipinski definition) is 3. The number of carbonyl (C=O) groups excluding carboxylic acids is 2. The highest BCUT2D eigenvalue weighted by Crippen LogP contribution is 2.26. The molecule has 1 fully saturated rings. The van der Waals surface area contributed by atoms with E-state index in [4.69, 9.17) is 5.73 Å². The van der Waals surface area contributed by atoms with Gasteiger partial charge in [-0.25, -0.2) is 0 Å². The number of benzene rings is 1. The Morgan fingerprint density at radius 2 is 1.91 bits per heavy atom. The number of nitrogens with two attached hydrogens (primary N) is 1. The topological polar surface area (TPSA) is 66.6 Å². The van der Waals surface area contributed by atoms with E-state index in [1.54, 1.807) is 23.9 Å². The molecule has 1 heterocycles. The summed E-state index contributed by atoms with van der Waals surface area (Å²) in [4.78, 5) is 28.3. The van der Waals surface area contributed by atoms with Crippen molar-refractivity contribution in [1.82, 2.24) is 9.80 Å². The minimum Gasteiger partial charge on any atom is -0.347 e. The summed E-state index contributed by atoms with van der Waals surface area (Å²) in [5.41, 5.74) is 7.19. The maximum atomic E-state index is 12.8. The maximum Gasteiger partial charge on any atom is 0.244 e. The van der Waals surface area contributed by atoms with Crippen molar-refractivity contribution in [2.75, 3.05) is 20.6 Å². The van der Waals surface area contributed by atoms with Crippen LogP contribution in [0.3, 0.4) is 0 Å². The Bertz CT molecular complexity index is 530. The van der Waals surface area contributed by atoms with E-state index < -0.39 is 0 Å². The number of nitrogens with zero attached hydrogens (tertiary/aromatic N) is 2. The number of hydrogen-bond donors (Lipinski definition) is 1. The fourth-order valence-corrected chi connectivity index (χ4v) is 2.96. The molecule has 0 spiro atoms. The Kier molecular flexibility index (Phi) is 5.19. The minimum atomic E-state index is -0.357. The fourth-order valence-electron chi connectivity index (χ4n) is 2.96. The van der Waals surface area contributed by atoms with Crippen molar-refractivity contribution in [2.24, 2.45) is 11.7 Å². The molecule has 0 aliphatic carbocycles. The van der Waals surface area contributed by atoms with Crippen molar-refractivity contribution in [3.8, 4) is 0 Å². The zero-order chi connectivity index (χ0) is 16.3. The average Bonchev–Trinajstić information content (AvgIpc) is 3.02. The van der Waals surface area contributed by atoms with Crippen molar-refractivity contribution in [2.45, 2.75) is 31.8 Å². The third-order valence-electron chi connectivity index (χ3n) is 4.37. The van der Waals surface area contributed by atoms with Crippen LogP contribution in [0, 0.1) is 5.92 Å². The molecule has 0 aromatic heterocycles. The zero-order valence-electron chi connectivity index (χ0n) is 13.5. The highest BCUT2D eigenvalue weighted by Gasteiger charge is 2.38. The standard InChI is InChI=1S/C17H25N3O2/c1-12(15(18)13-8-5-4-6-9-13)16(21)20-11-7-10-14(20)17(22)19(2)3/h4-6,8-9,12,14-15H,7,10-11,18H2,1-3H3/t12-,14-,15+/m0/s1. The molecule has 1 aromatic rings. The van der Waals surface area contributed by atoms with Gasteiger partial charge >= 0.3 is 0 Å². The van der Waals surface area contributed by atoms with Gasteiger partial charge in [-0.1, -0.05) is 37.3 Å². The summed E-state index contributed by atoms with van der Waals surface area (Å²) in [6.07, 6.45) is 1.60. The van der Waals surface area contributed by atoms with Gasteiger partial charge in [0.1, 0.15) is 6.04 Å². The van der Waals surface area contributed by atoms with Crippen LogP contribution in [0.2, 0.25) is 0 Å². The molecule has 1 aliphatic rings. The summed E-state index contributed by atoms with van der Waals surface area (Å²) in [5, 5.41) is 0. The van der Waals surface area contributed by atoms with Crippen molar-refractivity contribution in [3.05, 3.63) is 35.9 Å². The lowest BCUT2D eigenvalue weighted by atomic mass is 9.94. The van der Waals surface area contributed by atoms with Crippen molar-refractivity contribution < 1.29 is 9.59 Å². The number of carbonyl (C=O) groups is 2. The summed E-state index contributed by atoms with van der Waals surface area (Å²) >= 11 is 0. The molecule has 2 amide bonds. The van der Waals surface area contributed by atoms with Gasteiger partial charge in [-0.15, -0.1) is 0 Å². The molecule has 120 valence electrons. The first-order valence-electron chi connectivity index (χ1n) is 7.75. The Morgan fingerprint density at radius 1 is 1.27 bits per heavy atom. The molecular formula is C17H25N3O2. The van der Waals surface area contributed by atoms with Gasteiger partial charge in [0.15, 0.2) is 0 Å². The Balaban J connectivity index is 2.11. The Hall–Kier alpha value is -1.88. The summed E-state index contributed by atoms with van der Waals surface area (Å²) in [5.74, 6) is -0.390. The van der Waals surface area contributed by atoms with Gasteiger partial charge in [-0.2, -0.15) is 0 Å². The summed E-state index contributed by atoms with van der Waals surface area (Å²) in [6.45, 7) is 2.48. The van der Waals surface area contributed by atoms with Crippen LogP contribution in [-0.4, -0.2) is 48.3 Å². The lowest BCUT2D eigenvalue weighted by Crippen LogP contribution is -2.48. The van der Waals surface area contributed by atoms with Gasteiger partial charge in [-0.3, -0.25) is 9.59 Å². The molecule has 2 rings (SSSR count). The molecule has 2 N–H and O–H groups in total. The first-order chi connectivity index (χ1) is 10.4. The van der Waals surface area contributed by atoms with Gasteiger partial charge in [-0.05, 0) is 18.4 Å². The van der Waals surface area contributed by atoms with Crippen LogP contribution in [0.1, 0.15) is 31.4 Å². The molecule has 1 saturated heterocycles. The van der Waals surface area contributed by atoms with E-state index in [0.29, 0.717) is 6.54 Å². The van der Waals surface area contributed by atoms with Crippen molar-refractivity contribution >= 4 is 11.8 Å². The molecule has 1 aromatic carbocycles. The minimum absolute atomic E-state index is 0.00803. The molecule has 22 heavy (non-hydrogen) atoms. The lowest BCUT2D eigenvalue weighted by Gasteiger charge is -2.30. The largest absolute Gasteiger partial charge is 0.347 e. The highest BCUT2D eigenvalue weighted by atomic mass is 16.2. The van der Waals surface area contributed by atoms with E-state index in [0.717, 1.165) is 18.4 Å². The van der Waals surface area contributed by atoms with E-state index in [2.05, 4.69) is 0 Å². The Labute approximate surface area is 132 Å². The number of rotatable bonds is 4. The smallest absolute Gasteiger partial charge is 0.244 e. The SMILES string of the molecule is C[C@H](C(=O)N1CCC[C@H]1C(=O)N(C)C)[C@@H](N)c1ccccc1. The van der Waals surface area contributed by atoms with Gasteiger partial charge < -0.3 is 15.5 Å². The zero-order valence-corrected chi connectivity index (χ0v) is 13.5. The van der Waals surface area contributed by atoms with E-state index >= 15 is 0 Å². The third-order valence-corrected chi connectivity index (χ3v) is 4.37. The van der Waals surface area contributed by atoms with Crippen LogP contribution >= 0.6 is 0 Å². The number of likely N-dealkylation sites (N-methyl/N-ethyl adjacent to an activating group) is 1. The highest BCUT2D eigenvalue weighted by molar-refractivity contribution is 5.89. The van der Waals surface area contributed by atoms with E-state index in [1.165, 1.54) is 0 Å². The molecule has 0 radical (unpaired) electrons. The molecular weight excluding hydrogens is 278 g/mol. The van der Waals surface area contributed by atoms with E-state index in [1.807, 2.05) is 37.3 Å². The Morgan fingerprint density at radius 3 is 2.50 bits per heavy atom. The second-order valence-corrected chi connectivity index (χ2v) is 6.15. The summed E-state index contributed by atoms with van der Waals surface area (Å²) < 4.78 is 0. The molecule has 3 atom stereocenters.